The van der Waals surface area contributed by atoms with Crippen molar-refractivity contribution in [3.8, 4) is 5.75 Å². The van der Waals surface area contributed by atoms with Crippen LogP contribution < -0.4 is 15.8 Å². The number of anilines is 1. The lowest BCUT2D eigenvalue weighted by Crippen LogP contribution is -2.28. The summed E-state index contributed by atoms with van der Waals surface area (Å²) in [5.41, 5.74) is 6.61. The van der Waals surface area contributed by atoms with E-state index in [-0.39, 0.29) is 12.0 Å². The quantitative estimate of drug-likeness (QED) is 0.593. The van der Waals surface area contributed by atoms with Gasteiger partial charge in [-0.05, 0) is 32.0 Å². The minimum atomic E-state index is -0.216. The third-order valence-electron chi connectivity index (χ3n) is 2.31. The summed E-state index contributed by atoms with van der Waals surface area (Å²) in [6.07, 6.45) is 0.156. The van der Waals surface area contributed by atoms with Gasteiger partial charge in [0.25, 0.3) is 5.91 Å². The number of nitrogen functional groups attached to an aromatic ring is 1. The van der Waals surface area contributed by atoms with Crippen molar-refractivity contribution >= 4 is 11.6 Å². The molecule has 5 heteroatoms. The van der Waals surface area contributed by atoms with Gasteiger partial charge in [0.05, 0.1) is 25.4 Å². The fourth-order valence-corrected chi connectivity index (χ4v) is 1.46. The topological polar surface area (TPSA) is 73.6 Å². The molecule has 0 bridgehead atoms. The first-order valence-corrected chi connectivity index (χ1v) is 5.88. The Morgan fingerprint density at radius 3 is 2.78 bits per heavy atom. The molecule has 0 radical (unpaired) electrons. The minimum absolute atomic E-state index is 0.156. The van der Waals surface area contributed by atoms with Crippen molar-refractivity contribution < 1.29 is 14.3 Å². The van der Waals surface area contributed by atoms with E-state index < -0.39 is 0 Å². The van der Waals surface area contributed by atoms with Gasteiger partial charge in [0.15, 0.2) is 0 Å². The number of nitrogens with two attached hydrogens (primary N) is 1. The number of carbonyl (C=O) groups is 1. The summed E-state index contributed by atoms with van der Waals surface area (Å²) >= 11 is 0. The smallest absolute Gasteiger partial charge is 0.255 e. The lowest BCUT2D eigenvalue weighted by atomic mass is 10.1. The molecule has 0 aliphatic heterocycles. The Kier molecular flexibility index (Phi) is 5.45. The first-order chi connectivity index (χ1) is 8.54. The number of nitrogens with one attached hydrogen (secondary N) is 1. The van der Waals surface area contributed by atoms with Crippen molar-refractivity contribution in [3.63, 3.8) is 0 Å². The molecule has 100 valence electrons. The van der Waals surface area contributed by atoms with Crippen LogP contribution in [0.1, 0.15) is 24.2 Å². The van der Waals surface area contributed by atoms with Gasteiger partial charge in [0.1, 0.15) is 5.75 Å². The molecule has 0 aromatic heterocycles. The Morgan fingerprint density at radius 2 is 2.17 bits per heavy atom. The predicted molar refractivity (Wildman–Crippen MR) is 70.8 cm³/mol. The Bertz CT molecular complexity index is 405. The maximum atomic E-state index is 11.9. The zero-order chi connectivity index (χ0) is 13.5. The summed E-state index contributed by atoms with van der Waals surface area (Å²) in [5, 5.41) is 2.76. The van der Waals surface area contributed by atoms with E-state index >= 15 is 0 Å². The molecule has 18 heavy (non-hydrogen) atoms. The number of ether oxygens (including phenoxy) is 2. The summed E-state index contributed by atoms with van der Waals surface area (Å²) in [5.74, 6) is 0.290. The highest BCUT2D eigenvalue weighted by Gasteiger charge is 2.11. The second kappa shape index (κ2) is 6.86. The molecule has 0 saturated heterocycles. The molecule has 0 spiro atoms. The molecular formula is C13H20N2O3. The molecule has 0 heterocycles. The van der Waals surface area contributed by atoms with Crippen LogP contribution in [0.4, 0.5) is 5.69 Å². The van der Waals surface area contributed by atoms with E-state index in [0.29, 0.717) is 30.2 Å². The maximum absolute atomic E-state index is 11.9. The highest BCUT2D eigenvalue weighted by Crippen LogP contribution is 2.20. The van der Waals surface area contributed by atoms with Crippen molar-refractivity contribution in [2.24, 2.45) is 0 Å². The highest BCUT2D eigenvalue weighted by molar-refractivity contribution is 5.97. The fraction of sp³-hybridized carbons (Fsp3) is 0.462. The molecule has 0 aliphatic carbocycles. The van der Waals surface area contributed by atoms with Crippen LogP contribution in [0.5, 0.6) is 5.75 Å². The number of methoxy groups -OCH3 is 1. The average molecular weight is 252 g/mol. The molecule has 1 aromatic rings. The minimum Gasteiger partial charge on any atom is -0.496 e. The third-order valence-corrected chi connectivity index (χ3v) is 2.31. The van der Waals surface area contributed by atoms with Crippen LogP contribution in [0, 0.1) is 0 Å². The van der Waals surface area contributed by atoms with Crippen LogP contribution in [0.15, 0.2) is 18.2 Å². The SMILES string of the molecule is COc1ccc(N)cc1C(=O)NCCOC(C)C. The summed E-state index contributed by atoms with van der Waals surface area (Å²) < 4.78 is 10.5. The van der Waals surface area contributed by atoms with Gasteiger partial charge in [0, 0.05) is 12.2 Å². The number of amides is 1. The van der Waals surface area contributed by atoms with Gasteiger partial charge in [-0.2, -0.15) is 0 Å². The normalized spacial score (nSPS) is 10.4. The van der Waals surface area contributed by atoms with E-state index in [2.05, 4.69) is 5.32 Å². The standard InChI is InChI=1S/C13H20N2O3/c1-9(2)18-7-6-15-13(16)11-8-10(14)4-5-12(11)17-3/h4-5,8-9H,6-7,14H2,1-3H3,(H,15,16). The molecule has 1 amide bonds. The van der Waals surface area contributed by atoms with E-state index in [1.54, 1.807) is 18.2 Å². The van der Waals surface area contributed by atoms with Crippen LogP contribution in [0.3, 0.4) is 0 Å². The van der Waals surface area contributed by atoms with Gasteiger partial charge in [0.2, 0.25) is 0 Å². The molecule has 0 atom stereocenters. The second-order valence-corrected chi connectivity index (χ2v) is 4.14. The van der Waals surface area contributed by atoms with Crippen LogP contribution in [0.2, 0.25) is 0 Å². The largest absolute Gasteiger partial charge is 0.496 e. The molecule has 3 N–H and O–H groups in total. The van der Waals surface area contributed by atoms with E-state index in [9.17, 15) is 4.79 Å². The van der Waals surface area contributed by atoms with Crippen molar-refractivity contribution in [3.05, 3.63) is 23.8 Å². The van der Waals surface area contributed by atoms with E-state index in [0.717, 1.165) is 0 Å². The van der Waals surface area contributed by atoms with Crippen LogP contribution in [0.25, 0.3) is 0 Å². The number of carbonyl (C=O) groups excluding carboxylic acids is 1. The summed E-state index contributed by atoms with van der Waals surface area (Å²) in [7, 11) is 1.52. The third kappa shape index (κ3) is 4.25. The maximum Gasteiger partial charge on any atom is 0.255 e. The summed E-state index contributed by atoms with van der Waals surface area (Å²) in [6.45, 7) is 4.83. The highest BCUT2D eigenvalue weighted by atomic mass is 16.5. The molecule has 5 nitrogen and oxygen atoms in total. The molecule has 0 unspecified atom stereocenters. The molecule has 0 fully saturated rings. The number of rotatable bonds is 6. The Balaban J connectivity index is 2.58. The first kappa shape index (κ1) is 14.3. The van der Waals surface area contributed by atoms with E-state index in [1.165, 1.54) is 7.11 Å². The molecular weight excluding hydrogens is 232 g/mol. The summed E-state index contributed by atoms with van der Waals surface area (Å²) in [4.78, 5) is 11.9. The van der Waals surface area contributed by atoms with Crippen LogP contribution in [-0.2, 0) is 4.74 Å². The Hall–Kier alpha value is -1.75. The molecule has 1 aromatic carbocycles. The first-order valence-electron chi connectivity index (χ1n) is 5.88. The molecule has 0 saturated carbocycles. The van der Waals surface area contributed by atoms with Gasteiger partial charge < -0.3 is 20.5 Å². The fourth-order valence-electron chi connectivity index (χ4n) is 1.46. The van der Waals surface area contributed by atoms with Crippen molar-refractivity contribution in [2.75, 3.05) is 26.0 Å². The van der Waals surface area contributed by atoms with Gasteiger partial charge in [-0.25, -0.2) is 0 Å². The zero-order valence-corrected chi connectivity index (χ0v) is 11.0. The Morgan fingerprint density at radius 1 is 1.44 bits per heavy atom. The van der Waals surface area contributed by atoms with Crippen LogP contribution in [-0.4, -0.2) is 32.3 Å². The van der Waals surface area contributed by atoms with Crippen molar-refractivity contribution in [1.82, 2.24) is 5.32 Å². The van der Waals surface area contributed by atoms with Gasteiger partial charge in [-0.1, -0.05) is 0 Å². The number of hydrogen-bond acceptors (Lipinski definition) is 4. The van der Waals surface area contributed by atoms with Gasteiger partial charge >= 0.3 is 0 Å². The van der Waals surface area contributed by atoms with Crippen molar-refractivity contribution in [2.45, 2.75) is 20.0 Å². The van der Waals surface area contributed by atoms with Crippen LogP contribution >= 0.6 is 0 Å². The van der Waals surface area contributed by atoms with Crippen molar-refractivity contribution in [1.29, 1.82) is 0 Å². The monoisotopic (exact) mass is 252 g/mol. The second-order valence-electron chi connectivity index (χ2n) is 4.14. The predicted octanol–water partition coefficient (Wildman–Crippen LogP) is 1.43. The van der Waals surface area contributed by atoms with E-state index in [4.69, 9.17) is 15.2 Å². The average Bonchev–Trinajstić information content (AvgIpc) is 2.34. The lowest BCUT2D eigenvalue weighted by molar-refractivity contribution is 0.0745. The Labute approximate surface area is 107 Å². The molecule has 1 rings (SSSR count). The molecule has 0 aliphatic rings. The van der Waals surface area contributed by atoms with E-state index in [1.807, 2.05) is 13.8 Å². The van der Waals surface area contributed by atoms with Gasteiger partial charge in [-0.3, -0.25) is 4.79 Å². The number of benzene rings is 1. The number of hydrogen-bond donors (Lipinski definition) is 2. The van der Waals surface area contributed by atoms with Gasteiger partial charge in [-0.15, -0.1) is 0 Å². The summed E-state index contributed by atoms with van der Waals surface area (Å²) in [6, 6.07) is 4.96. The zero-order valence-electron chi connectivity index (χ0n) is 11.0. The lowest BCUT2D eigenvalue weighted by Gasteiger charge is -2.11.